The zero-order chi connectivity index (χ0) is 10.3. The molecule has 2 aliphatic rings. The van der Waals surface area contributed by atoms with Crippen molar-refractivity contribution in [1.29, 1.82) is 0 Å². The van der Waals surface area contributed by atoms with Crippen LogP contribution in [-0.2, 0) is 19.4 Å². The number of nitrogens with one attached hydrogen (secondary N) is 1. The summed E-state index contributed by atoms with van der Waals surface area (Å²) in [5.41, 5.74) is 3.98. The van der Waals surface area contributed by atoms with Gasteiger partial charge < -0.3 is 9.88 Å². The number of rotatable bonds is 0. The topological polar surface area (TPSA) is 34.0 Å². The van der Waals surface area contributed by atoms with E-state index in [4.69, 9.17) is 0 Å². The predicted molar refractivity (Wildman–Crippen MR) is 60.5 cm³/mol. The number of anilines is 1. The van der Waals surface area contributed by atoms with Crippen molar-refractivity contribution < 1.29 is 0 Å². The smallest absolute Gasteiger partial charge is 0.252 e. The lowest BCUT2D eigenvalue weighted by Gasteiger charge is -2.26. The molecule has 1 aromatic heterocycles. The Balaban J connectivity index is 2.23. The van der Waals surface area contributed by atoms with E-state index in [0.717, 1.165) is 38.0 Å². The third-order valence-electron chi connectivity index (χ3n) is 3.50. The first-order valence-electron chi connectivity index (χ1n) is 5.86. The molecule has 0 aliphatic carbocycles. The summed E-state index contributed by atoms with van der Waals surface area (Å²) in [7, 11) is 0. The highest BCUT2D eigenvalue weighted by Gasteiger charge is 2.19. The Hall–Kier alpha value is -1.25. The first-order chi connectivity index (χ1) is 7.36. The fourth-order valence-electron chi connectivity index (χ4n) is 2.76. The van der Waals surface area contributed by atoms with E-state index < -0.39 is 0 Å². The van der Waals surface area contributed by atoms with Crippen LogP contribution in [0.4, 0.5) is 5.69 Å². The molecule has 3 nitrogen and oxygen atoms in total. The highest BCUT2D eigenvalue weighted by atomic mass is 16.1. The number of hydrogen-bond donors (Lipinski definition) is 1. The van der Waals surface area contributed by atoms with Gasteiger partial charge in [-0.15, -0.1) is 0 Å². The Kier molecular flexibility index (Phi) is 2.04. The zero-order valence-electron chi connectivity index (χ0n) is 8.88. The van der Waals surface area contributed by atoms with Gasteiger partial charge in [0.2, 0.25) is 0 Å². The van der Waals surface area contributed by atoms with Crippen molar-refractivity contribution in [2.24, 2.45) is 0 Å². The Morgan fingerprint density at radius 3 is 3.07 bits per heavy atom. The van der Waals surface area contributed by atoms with Crippen molar-refractivity contribution in [2.75, 3.05) is 11.9 Å². The van der Waals surface area contributed by atoms with E-state index in [1.807, 2.05) is 4.57 Å². The average molecular weight is 204 g/mol. The van der Waals surface area contributed by atoms with Gasteiger partial charge in [0.15, 0.2) is 0 Å². The summed E-state index contributed by atoms with van der Waals surface area (Å²) in [6, 6.07) is 1.78. The van der Waals surface area contributed by atoms with Gasteiger partial charge >= 0.3 is 0 Å². The van der Waals surface area contributed by atoms with Crippen LogP contribution in [0.1, 0.15) is 30.5 Å². The van der Waals surface area contributed by atoms with Gasteiger partial charge in [-0.3, -0.25) is 4.79 Å². The molecule has 0 bridgehead atoms. The van der Waals surface area contributed by atoms with Gasteiger partial charge in [-0.25, -0.2) is 0 Å². The van der Waals surface area contributed by atoms with Crippen molar-refractivity contribution in [1.82, 2.24) is 4.57 Å². The van der Waals surface area contributed by atoms with E-state index in [1.165, 1.54) is 24.1 Å². The molecule has 2 aliphatic heterocycles. The molecule has 0 saturated heterocycles. The number of hydrogen-bond acceptors (Lipinski definition) is 2. The minimum atomic E-state index is 0.179. The monoisotopic (exact) mass is 204 g/mol. The molecule has 0 atom stereocenters. The molecule has 0 amide bonds. The minimum Gasteiger partial charge on any atom is -0.385 e. The van der Waals surface area contributed by atoms with Crippen LogP contribution in [0, 0.1) is 0 Å². The maximum atomic E-state index is 11.9. The second-order valence-electron chi connectivity index (χ2n) is 4.46. The molecule has 0 radical (unpaired) electrons. The normalized spacial score (nSPS) is 18.9. The molecule has 3 rings (SSSR count). The van der Waals surface area contributed by atoms with Gasteiger partial charge in [0.05, 0.1) is 0 Å². The largest absolute Gasteiger partial charge is 0.385 e. The Bertz CT molecular complexity index is 448. The molecule has 80 valence electrons. The molecular formula is C12H16N2O. The van der Waals surface area contributed by atoms with Crippen molar-refractivity contribution >= 4 is 5.69 Å². The number of pyridine rings is 1. The summed E-state index contributed by atoms with van der Waals surface area (Å²) in [5.74, 6) is 0. The summed E-state index contributed by atoms with van der Waals surface area (Å²) in [4.78, 5) is 11.9. The standard InChI is InChI=1S/C12H16N2O/c15-12-8-10-9(4-3-6-13-10)11-5-1-2-7-14(11)12/h8,13H,1-7H2. The molecular weight excluding hydrogens is 188 g/mol. The van der Waals surface area contributed by atoms with Crippen LogP contribution < -0.4 is 10.9 Å². The maximum Gasteiger partial charge on any atom is 0.252 e. The van der Waals surface area contributed by atoms with Crippen LogP contribution in [0.2, 0.25) is 0 Å². The third kappa shape index (κ3) is 1.37. The molecule has 0 saturated carbocycles. The Morgan fingerprint density at radius 1 is 1.20 bits per heavy atom. The molecule has 1 N–H and O–H groups in total. The zero-order valence-corrected chi connectivity index (χ0v) is 8.88. The van der Waals surface area contributed by atoms with Crippen molar-refractivity contribution in [3.05, 3.63) is 27.7 Å². The first-order valence-corrected chi connectivity index (χ1v) is 5.86. The molecule has 3 heterocycles. The number of fused-ring (bicyclic) bond motifs is 3. The van der Waals surface area contributed by atoms with E-state index >= 15 is 0 Å². The minimum absolute atomic E-state index is 0.179. The summed E-state index contributed by atoms with van der Waals surface area (Å²) >= 11 is 0. The molecule has 0 spiro atoms. The third-order valence-corrected chi connectivity index (χ3v) is 3.50. The molecule has 0 unspecified atom stereocenters. The molecule has 3 heteroatoms. The molecule has 0 fully saturated rings. The van der Waals surface area contributed by atoms with Gasteiger partial charge in [-0.1, -0.05) is 0 Å². The van der Waals surface area contributed by atoms with Crippen LogP contribution in [0.5, 0.6) is 0 Å². The van der Waals surface area contributed by atoms with Gasteiger partial charge in [0, 0.05) is 30.5 Å². The fourth-order valence-corrected chi connectivity index (χ4v) is 2.76. The quantitative estimate of drug-likeness (QED) is 0.695. The van der Waals surface area contributed by atoms with Crippen molar-refractivity contribution in [3.8, 4) is 0 Å². The lowest BCUT2D eigenvalue weighted by atomic mass is 9.96. The summed E-state index contributed by atoms with van der Waals surface area (Å²) in [5, 5.41) is 3.34. The van der Waals surface area contributed by atoms with Crippen LogP contribution in [-0.4, -0.2) is 11.1 Å². The Morgan fingerprint density at radius 2 is 2.13 bits per heavy atom. The lowest BCUT2D eigenvalue weighted by Crippen LogP contribution is -2.30. The fraction of sp³-hybridized carbons (Fsp3) is 0.583. The van der Waals surface area contributed by atoms with Gasteiger partial charge in [-0.2, -0.15) is 0 Å². The van der Waals surface area contributed by atoms with E-state index in [2.05, 4.69) is 5.32 Å². The van der Waals surface area contributed by atoms with Crippen LogP contribution in [0.25, 0.3) is 0 Å². The highest BCUT2D eigenvalue weighted by molar-refractivity contribution is 5.54. The predicted octanol–water partition coefficient (Wildman–Crippen LogP) is 1.54. The average Bonchev–Trinajstić information content (AvgIpc) is 2.30. The summed E-state index contributed by atoms with van der Waals surface area (Å²) < 4.78 is 1.98. The van der Waals surface area contributed by atoms with Gasteiger partial charge in [0.1, 0.15) is 0 Å². The van der Waals surface area contributed by atoms with Crippen LogP contribution >= 0.6 is 0 Å². The number of aromatic nitrogens is 1. The van der Waals surface area contributed by atoms with E-state index in [0.29, 0.717) is 0 Å². The van der Waals surface area contributed by atoms with Gasteiger partial charge in [0.25, 0.3) is 5.56 Å². The van der Waals surface area contributed by atoms with E-state index in [1.54, 1.807) is 6.07 Å². The molecule has 1 aromatic rings. The van der Waals surface area contributed by atoms with Crippen molar-refractivity contribution in [3.63, 3.8) is 0 Å². The second kappa shape index (κ2) is 3.40. The molecule has 0 aromatic carbocycles. The summed E-state index contributed by atoms with van der Waals surface area (Å²) in [6.45, 7) is 1.93. The van der Waals surface area contributed by atoms with Crippen molar-refractivity contribution in [2.45, 2.75) is 38.6 Å². The first kappa shape index (κ1) is 9.01. The summed E-state index contributed by atoms with van der Waals surface area (Å²) in [6.07, 6.45) is 5.80. The second-order valence-corrected chi connectivity index (χ2v) is 4.46. The van der Waals surface area contributed by atoms with E-state index in [9.17, 15) is 4.79 Å². The van der Waals surface area contributed by atoms with Crippen LogP contribution in [0.15, 0.2) is 10.9 Å². The van der Waals surface area contributed by atoms with E-state index in [-0.39, 0.29) is 5.56 Å². The number of nitrogens with zero attached hydrogens (tertiary/aromatic N) is 1. The highest BCUT2D eigenvalue weighted by Crippen LogP contribution is 2.26. The SMILES string of the molecule is O=c1cc2c(c3n1CCCC3)CCCN2. The Labute approximate surface area is 89.1 Å². The van der Waals surface area contributed by atoms with Crippen LogP contribution in [0.3, 0.4) is 0 Å². The van der Waals surface area contributed by atoms with Gasteiger partial charge in [-0.05, 0) is 37.7 Å². The lowest BCUT2D eigenvalue weighted by molar-refractivity contribution is 0.506. The molecule has 15 heavy (non-hydrogen) atoms. The maximum absolute atomic E-state index is 11.9.